The molecule has 1 aliphatic rings. The minimum atomic E-state index is 0.124. The van der Waals surface area contributed by atoms with Gasteiger partial charge in [-0.1, -0.05) is 6.07 Å². The molecule has 0 radical (unpaired) electrons. The lowest BCUT2D eigenvalue weighted by Crippen LogP contribution is -2.41. The predicted molar refractivity (Wildman–Crippen MR) is 95.9 cm³/mol. The molecule has 0 spiro atoms. The molecule has 2 heterocycles. The number of hydrogen-bond donors (Lipinski definition) is 2. The monoisotopic (exact) mass is 344 g/mol. The van der Waals surface area contributed by atoms with Crippen molar-refractivity contribution in [2.24, 2.45) is 4.99 Å². The molecule has 25 heavy (non-hydrogen) atoms. The summed E-state index contributed by atoms with van der Waals surface area (Å²) in [6, 6.07) is 9.93. The van der Waals surface area contributed by atoms with E-state index in [2.05, 4.69) is 20.5 Å². The second-order valence-electron chi connectivity index (χ2n) is 5.99. The first-order valence-corrected chi connectivity index (χ1v) is 8.20. The van der Waals surface area contributed by atoms with E-state index < -0.39 is 0 Å². The molecule has 0 bridgehead atoms. The summed E-state index contributed by atoms with van der Waals surface area (Å²) in [6.07, 6.45) is 1.69. The van der Waals surface area contributed by atoms with E-state index >= 15 is 0 Å². The molecule has 2 aromatic rings. The maximum atomic E-state index is 5.53. The van der Waals surface area contributed by atoms with Crippen molar-refractivity contribution in [1.82, 2.24) is 15.5 Å². The zero-order valence-corrected chi connectivity index (χ0v) is 14.8. The Morgan fingerprint density at radius 1 is 1.20 bits per heavy atom. The van der Waals surface area contributed by atoms with Gasteiger partial charge in [-0.3, -0.25) is 9.89 Å². The van der Waals surface area contributed by atoms with E-state index in [-0.39, 0.29) is 12.8 Å². The van der Waals surface area contributed by atoms with Crippen LogP contribution in [0.3, 0.4) is 0 Å². The van der Waals surface area contributed by atoms with Gasteiger partial charge in [-0.25, -0.2) is 0 Å². The molecule has 2 N–H and O–H groups in total. The Kier molecular flexibility index (Phi) is 5.45. The third-order valence-corrected chi connectivity index (χ3v) is 4.08. The molecule has 1 atom stereocenters. The molecule has 0 saturated carbocycles. The normalized spacial score (nSPS) is 14.6. The molecule has 0 aliphatic carbocycles. The summed E-state index contributed by atoms with van der Waals surface area (Å²) in [4.78, 5) is 6.39. The Labute approximate surface area is 147 Å². The SMILES string of the molecule is CN=C(NCc1ccc2c(c1)OCO2)NCC(c1ccco1)N(C)C. The molecule has 3 rings (SSSR count). The van der Waals surface area contributed by atoms with Crippen molar-refractivity contribution in [2.45, 2.75) is 12.6 Å². The topological polar surface area (TPSA) is 71.3 Å². The van der Waals surface area contributed by atoms with Gasteiger partial charge in [-0.2, -0.15) is 0 Å². The summed E-state index contributed by atoms with van der Waals surface area (Å²) in [5, 5.41) is 6.65. The number of hydrogen-bond acceptors (Lipinski definition) is 5. The van der Waals surface area contributed by atoms with Crippen molar-refractivity contribution >= 4 is 5.96 Å². The van der Waals surface area contributed by atoms with Crippen molar-refractivity contribution in [3.05, 3.63) is 47.9 Å². The highest BCUT2D eigenvalue weighted by Crippen LogP contribution is 2.32. The zero-order chi connectivity index (χ0) is 17.6. The molecule has 1 unspecified atom stereocenters. The van der Waals surface area contributed by atoms with Crippen LogP contribution < -0.4 is 20.1 Å². The Bertz CT molecular complexity index is 713. The molecule has 1 aromatic heterocycles. The van der Waals surface area contributed by atoms with E-state index in [9.17, 15) is 0 Å². The Morgan fingerprint density at radius 2 is 2.04 bits per heavy atom. The summed E-state index contributed by atoms with van der Waals surface area (Å²) >= 11 is 0. The Hall–Kier alpha value is -2.67. The van der Waals surface area contributed by atoms with E-state index in [1.807, 2.05) is 44.4 Å². The van der Waals surface area contributed by atoms with E-state index in [1.165, 1.54) is 0 Å². The number of guanidine groups is 1. The van der Waals surface area contributed by atoms with Gasteiger partial charge < -0.3 is 24.5 Å². The van der Waals surface area contributed by atoms with Crippen LogP contribution in [0.25, 0.3) is 0 Å². The number of aliphatic imine (C=N–C) groups is 1. The average Bonchev–Trinajstić information content (AvgIpc) is 3.28. The molecular formula is C18H24N4O3. The van der Waals surface area contributed by atoms with Crippen LogP contribution in [0.1, 0.15) is 17.4 Å². The predicted octanol–water partition coefficient (Wildman–Crippen LogP) is 1.98. The minimum Gasteiger partial charge on any atom is -0.468 e. The van der Waals surface area contributed by atoms with Gasteiger partial charge in [0, 0.05) is 20.1 Å². The van der Waals surface area contributed by atoms with Gasteiger partial charge in [-0.15, -0.1) is 0 Å². The van der Waals surface area contributed by atoms with E-state index in [0.717, 1.165) is 28.8 Å². The molecular weight excluding hydrogens is 320 g/mol. The fraction of sp³-hybridized carbons (Fsp3) is 0.389. The van der Waals surface area contributed by atoms with Gasteiger partial charge in [0.25, 0.3) is 0 Å². The van der Waals surface area contributed by atoms with Crippen molar-refractivity contribution in [3.8, 4) is 11.5 Å². The van der Waals surface area contributed by atoms with Crippen molar-refractivity contribution in [3.63, 3.8) is 0 Å². The Balaban J connectivity index is 1.54. The molecule has 0 saturated heterocycles. The van der Waals surface area contributed by atoms with Gasteiger partial charge in [0.15, 0.2) is 17.5 Å². The van der Waals surface area contributed by atoms with E-state index in [4.69, 9.17) is 13.9 Å². The number of nitrogens with one attached hydrogen (secondary N) is 2. The number of rotatable bonds is 6. The summed E-state index contributed by atoms with van der Waals surface area (Å²) in [5.41, 5.74) is 1.10. The van der Waals surface area contributed by atoms with E-state index in [0.29, 0.717) is 13.1 Å². The van der Waals surface area contributed by atoms with Crippen LogP contribution >= 0.6 is 0 Å². The van der Waals surface area contributed by atoms with Crippen molar-refractivity contribution < 1.29 is 13.9 Å². The van der Waals surface area contributed by atoms with Crippen molar-refractivity contribution in [2.75, 3.05) is 34.5 Å². The highest BCUT2D eigenvalue weighted by molar-refractivity contribution is 5.79. The smallest absolute Gasteiger partial charge is 0.231 e. The fourth-order valence-corrected chi connectivity index (χ4v) is 2.67. The summed E-state index contributed by atoms with van der Waals surface area (Å²) in [6.45, 7) is 1.61. The largest absolute Gasteiger partial charge is 0.468 e. The molecule has 134 valence electrons. The maximum Gasteiger partial charge on any atom is 0.231 e. The third kappa shape index (κ3) is 4.24. The van der Waals surface area contributed by atoms with Gasteiger partial charge in [-0.05, 0) is 43.9 Å². The molecule has 0 amide bonds. The van der Waals surface area contributed by atoms with Crippen LogP contribution in [0, 0.1) is 0 Å². The maximum absolute atomic E-state index is 5.53. The number of benzene rings is 1. The van der Waals surface area contributed by atoms with Crippen LogP contribution in [0.15, 0.2) is 46.0 Å². The van der Waals surface area contributed by atoms with Gasteiger partial charge in [0.05, 0.1) is 12.3 Å². The van der Waals surface area contributed by atoms with Crippen LogP contribution in [0.2, 0.25) is 0 Å². The van der Waals surface area contributed by atoms with E-state index in [1.54, 1.807) is 13.3 Å². The van der Waals surface area contributed by atoms with Crippen LogP contribution in [-0.4, -0.2) is 45.3 Å². The average molecular weight is 344 g/mol. The summed E-state index contributed by atoms with van der Waals surface area (Å²) < 4.78 is 16.3. The first kappa shape index (κ1) is 17.2. The quantitative estimate of drug-likeness (QED) is 0.617. The Morgan fingerprint density at radius 3 is 2.76 bits per heavy atom. The van der Waals surface area contributed by atoms with Crippen molar-refractivity contribution in [1.29, 1.82) is 0 Å². The molecule has 0 fully saturated rings. The first-order chi connectivity index (χ1) is 12.2. The van der Waals surface area contributed by atoms with Crippen LogP contribution in [0.4, 0.5) is 0 Å². The summed E-state index contributed by atoms with van der Waals surface area (Å²) in [7, 11) is 5.81. The number of nitrogens with zero attached hydrogens (tertiary/aromatic N) is 2. The summed E-state index contributed by atoms with van der Waals surface area (Å²) in [5.74, 6) is 3.23. The lowest BCUT2D eigenvalue weighted by Gasteiger charge is -2.23. The highest BCUT2D eigenvalue weighted by Gasteiger charge is 2.17. The lowest BCUT2D eigenvalue weighted by atomic mass is 10.2. The molecule has 1 aliphatic heterocycles. The van der Waals surface area contributed by atoms with Gasteiger partial charge in [0.2, 0.25) is 6.79 Å². The highest BCUT2D eigenvalue weighted by atomic mass is 16.7. The van der Waals surface area contributed by atoms with Crippen LogP contribution in [0.5, 0.6) is 11.5 Å². The standard InChI is InChI=1S/C18H24N4O3/c1-19-18(21-11-14(22(2)3)15-5-4-8-23-15)20-10-13-6-7-16-17(9-13)25-12-24-16/h4-9,14H,10-12H2,1-3H3,(H2,19,20,21). The van der Waals surface area contributed by atoms with Crippen LogP contribution in [-0.2, 0) is 6.54 Å². The molecule has 1 aromatic carbocycles. The minimum absolute atomic E-state index is 0.124. The molecule has 7 heteroatoms. The van der Waals surface area contributed by atoms with Gasteiger partial charge >= 0.3 is 0 Å². The second-order valence-corrected chi connectivity index (χ2v) is 5.99. The lowest BCUT2D eigenvalue weighted by molar-refractivity contribution is 0.174. The second kappa shape index (κ2) is 7.94. The molecule has 7 nitrogen and oxygen atoms in total. The number of likely N-dealkylation sites (N-methyl/N-ethyl adjacent to an activating group) is 1. The third-order valence-electron chi connectivity index (χ3n) is 4.08. The van der Waals surface area contributed by atoms with Gasteiger partial charge in [0.1, 0.15) is 5.76 Å². The fourth-order valence-electron chi connectivity index (χ4n) is 2.67. The first-order valence-electron chi connectivity index (χ1n) is 8.20. The number of fused-ring (bicyclic) bond motifs is 1. The zero-order valence-electron chi connectivity index (χ0n) is 14.8. The number of furan rings is 1. The number of ether oxygens (including phenoxy) is 2.